The van der Waals surface area contributed by atoms with Crippen molar-refractivity contribution in [3.8, 4) is 12.3 Å². The van der Waals surface area contributed by atoms with Gasteiger partial charge in [-0.05, 0) is 30.8 Å². The number of hydrogen-bond acceptors (Lipinski definition) is 3. The zero-order valence-electron chi connectivity index (χ0n) is 10.1. The summed E-state index contributed by atoms with van der Waals surface area (Å²) in [5.74, 6) is 2.27. The number of aryl methyl sites for hydroxylation is 1. The van der Waals surface area contributed by atoms with E-state index in [2.05, 4.69) is 16.2 Å². The zero-order valence-corrected chi connectivity index (χ0v) is 10.9. The van der Waals surface area contributed by atoms with Crippen LogP contribution in [0.5, 0.6) is 0 Å². The summed E-state index contributed by atoms with van der Waals surface area (Å²) in [7, 11) is 0. The highest BCUT2D eigenvalue weighted by molar-refractivity contribution is 7.80. The van der Waals surface area contributed by atoms with E-state index in [-0.39, 0.29) is 5.96 Å². The lowest BCUT2D eigenvalue weighted by atomic mass is 10.2. The molecule has 0 saturated carbocycles. The molecule has 0 radical (unpaired) electrons. The molecule has 0 aliphatic carbocycles. The molecular formula is C12H15N5S. The third kappa shape index (κ3) is 3.71. The normalized spacial score (nSPS) is 9.33. The van der Waals surface area contributed by atoms with Gasteiger partial charge in [-0.2, -0.15) is 0 Å². The van der Waals surface area contributed by atoms with Crippen LogP contribution in [0.2, 0.25) is 0 Å². The zero-order chi connectivity index (χ0) is 13.5. The van der Waals surface area contributed by atoms with Crippen molar-refractivity contribution in [3.05, 3.63) is 29.6 Å². The Bertz CT molecular complexity index is 491. The predicted octanol–water partition coefficient (Wildman–Crippen LogP) is 0.593. The predicted molar refractivity (Wildman–Crippen MR) is 75.9 cm³/mol. The van der Waals surface area contributed by atoms with Crippen molar-refractivity contribution in [1.29, 1.82) is 5.41 Å². The third-order valence-corrected chi connectivity index (χ3v) is 2.67. The molecule has 0 atom stereocenters. The summed E-state index contributed by atoms with van der Waals surface area (Å²) in [6.45, 7) is 2.58. The highest BCUT2D eigenvalue weighted by atomic mass is 32.1. The van der Waals surface area contributed by atoms with Crippen LogP contribution in [0, 0.1) is 24.7 Å². The van der Waals surface area contributed by atoms with E-state index in [0.717, 1.165) is 11.3 Å². The molecule has 0 aliphatic rings. The first-order chi connectivity index (χ1) is 8.56. The summed E-state index contributed by atoms with van der Waals surface area (Å²) in [4.78, 5) is 5.69. The Morgan fingerprint density at radius 3 is 3.00 bits per heavy atom. The number of nitrogens with zero attached hydrogens (tertiary/aromatic N) is 2. The Kier molecular flexibility index (Phi) is 5.08. The summed E-state index contributed by atoms with van der Waals surface area (Å²) in [6.07, 6.45) is 6.83. The molecule has 0 aromatic carbocycles. The van der Waals surface area contributed by atoms with Crippen LogP contribution >= 0.6 is 12.2 Å². The number of thiocarbonyl (C=S) groups is 1. The summed E-state index contributed by atoms with van der Waals surface area (Å²) < 4.78 is 0. The number of guanidine groups is 1. The molecule has 1 heterocycles. The number of aromatic nitrogens is 1. The fourth-order valence-corrected chi connectivity index (χ4v) is 1.56. The molecule has 0 aliphatic heterocycles. The molecule has 0 fully saturated rings. The minimum atomic E-state index is -0.144. The molecule has 0 saturated heterocycles. The molecule has 18 heavy (non-hydrogen) atoms. The van der Waals surface area contributed by atoms with Gasteiger partial charge in [0.25, 0.3) is 0 Å². The molecule has 0 unspecified atom stereocenters. The fraction of sp³-hybridized carbons (Fsp3) is 0.250. The van der Waals surface area contributed by atoms with Crippen LogP contribution in [-0.2, 0) is 6.54 Å². The number of nitrogens with one attached hydrogen (secondary N) is 2. The Morgan fingerprint density at radius 1 is 1.72 bits per heavy atom. The van der Waals surface area contributed by atoms with Gasteiger partial charge in [-0.15, -0.1) is 6.42 Å². The Morgan fingerprint density at radius 2 is 2.44 bits per heavy atom. The average Bonchev–Trinajstić information content (AvgIpc) is 2.34. The van der Waals surface area contributed by atoms with Gasteiger partial charge in [-0.3, -0.25) is 15.3 Å². The quantitative estimate of drug-likeness (QED) is 0.321. The summed E-state index contributed by atoms with van der Waals surface area (Å²) in [5.41, 5.74) is 7.34. The highest BCUT2D eigenvalue weighted by Crippen LogP contribution is 2.07. The standard InChI is InChI=1S/C12H15N5S/c1-3-6-16-12(18)17(11(13)14)8-10-9(2)5-4-7-15-10/h1,4-5,7H,6,8H2,2H3,(H3,13,14)(H,16,18). The Labute approximate surface area is 112 Å². The average molecular weight is 261 g/mol. The van der Waals surface area contributed by atoms with Crippen molar-refractivity contribution in [1.82, 2.24) is 15.2 Å². The van der Waals surface area contributed by atoms with Crippen LogP contribution in [0.15, 0.2) is 18.3 Å². The fourth-order valence-electron chi connectivity index (χ4n) is 1.32. The van der Waals surface area contributed by atoms with E-state index in [9.17, 15) is 0 Å². The first kappa shape index (κ1) is 13.9. The topological polar surface area (TPSA) is 78.0 Å². The number of nitrogens with two attached hydrogens (primary N) is 1. The first-order valence-electron chi connectivity index (χ1n) is 5.29. The molecule has 5 nitrogen and oxygen atoms in total. The molecule has 0 bridgehead atoms. The lowest BCUT2D eigenvalue weighted by Crippen LogP contribution is -2.46. The van der Waals surface area contributed by atoms with Crippen molar-refractivity contribution in [2.24, 2.45) is 5.73 Å². The van der Waals surface area contributed by atoms with Crippen molar-refractivity contribution in [2.45, 2.75) is 13.5 Å². The summed E-state index contributed by atoms with van der Waals surface area (Å²) in [6, 6.07) is 3.80. The van der Waals surface area contributed by atoms with Crippen molar-refractivity contribution >= 4 is 23.3 Å². The Hall–Kier alpha value is -2.13. The maximum atomic E-state index is 7.53. The van der Waals surface area contributed by atoms with Crippen LogP contribution in [0.4, 0.5) is 0 Å². The van der Waals surface area contributed by atoms with E-state index in [1.165, 1.54) is 4.90 Å². The highest BCUT2D eigenvalue weighted by Gasteiger charge is 2.14. The van der Waals surface area contributed by atoms with E-state index in [4.69, 9.17) is 29.8 Å². The van der Waals surface area contributed by atoms with Gasteiger partial charge in [-0.25, -0.2) is 0 Å². The van der Waals surface area contributed by atoms with Crippen molar-refractivity contribution in [2.75, 3.05) is 6.54 Å². The van der Waals surface area contributed by atoms with Gasteiger partial charge >= 0.3 is 0 Å². The van der Waals surface area contributed by atoms with Crippen LogP contribution in [-0.4, -0.2) is 27.5 Å². The first-order valence-corrected chi connectivity index (χ1v) is 5.70. The molecule has 1 aromatic rings. The molecule has 0 amide bonds. The largest absolute Gasteiger partial charge is 0.370 e. The lowest BCUT2D eigenvalue weighted by Gasteiger charge is -2.23. The third-order valence-electron chi connectivity index (χ3n) is 2.30. The van der Waals surface area contributed by atoms with E-state index in [0.29, 0.717) is 18.2 Å². The second-order valence-electron chi connectivity index (χ2n) is 3.60. The molecule has 0 spiro atoms. The van der Waals surface area contributed by atoms with Gasteiger partial charge in [0.1, 0.15) is 0 Å². The maximum absolute atomic E-state index is 7.53. The Balaban J connectivity index is 2.82. The van der Waals surface area contributed by atoms with Gasteiger partial charge in [0.15, 0.2) is 11.1 Å². The number of rotatable bonds is 3. The molecule has 1 rings (SSSR count). The number of terminal acetylenes is 1. The number of hydrogen-bond donors (Lipinski definition) is 3. The van der Waals surface area contributed by atoms with Gasteiger partial charge in [0.2, 0.25) is 0 Å². The van der Waals surface area contributed by atoms with Crippen LogP contribution in [0.25, 0.3) is 0 Å². The van der Waals surface area contributed by atoms with Crippen LogP contribution in [0.1, 0.15) is 11.3 Å². The summed E-state index contributed by atoms with van der Waals surface area (Å²) >= 11 is 5.13. The van der Waals surface area contributed by atoms with Crippen molar-refractivity contribution < 1.29 is 0 Å². The summed E-state index contributed by atoms with van der Waals surface area (Å²) in [5, 5.41) is 10.7. The van der Waals surface area contributed by atoms with Crippen molar-refractivity contribution in [3.63, 3.8) is 0 Å². The van der Waals surface area contributed by atoms with Gasteiger partial charge in [-0.1, -0.05) is 12.0 Å². The van der Waals surface area contributed by atoms with E-state index >= 15 is 0 Å². The minimum absolute atomic E-state index is 0.144. The molecule has 4 N–H and O–H groups in total. The van der Waals surface area contributed by atoms with Gasteiger partial charge < -0.3 is 11.1 Å². The molecule has 94 valence electrons. The van der Waals surface area contributed by atoms with E-state index in [1.807, 2.05) is 19.1 Å². The monoisotopic (exact) mass is 261 g/mol. The van der Waals surface area contributed by atoms with E-state index in [1.54, 1.807) is 6.20 Å². The maximum Gasteiger partial charge on any atom is 0.195 e. The lowest BCUT2D eigenvalue weighted by molar-refractivity contribution is 0.568. The second-order valence-corrected chi connectivity index (χ2v) is 3.99. The van der Waals surface area contributed by atoms with Crippen LogP contribution < -0.4 is 11.1 Å². The molecular weight excluding hydrogens is 246 g/mol. The SMILES string of the molecule is C#CCNC(=S)N(Cc1ncccc1C)C(=N)N. The molecule has 6 heteroatoms. The van der Waals surface area contributed by atoms with Crippen LogP contribution in [0.3, 0.4) is 0 Å². The minimum Gasteiger partial charge on any atom is -0.370 e. The van der Waals surface area contributed by atoms with Gasteiger partial charge in [0.05, 0.1) is 18.8 Å². The molecule has 1 aromatic heterocycles. The number of pyridine rings is 1. The van der Waals surface area contributed by atoms with E-state index < -0.39 is 0 Å². The van der Waals surface area contributed by atoms with Gasteiger partial charge in [0, 0.05) is 6.20 Å². The second kappa shape index (κ2) is 6.57. The smallest absolute Gasteiger partial charge is 0.195 e.